The highest BCUT2D eigenvalue weighted by Gasteiger charge is 2.34. The van der Waals surface area contributed by atoms with Gasteiger partial charge in [0.15, 0.2) is 5.82 Å². The molecule has 108 valence electrons. The SMILES string of the molecule is O=C(O)CN1CCC(n2cnc(-c3ccccc3)n2)C1=O. The smallest absolute Gasteiger partial charge is 0.323 e. The fourth-order valence-corrected chi connectivity index (χ4v) is 2.43. The van der Waals surface area contributed by atoms with Crippen LogP contribution < -0.4 is 0 Å². The van der Waals surface area contributed by atoms with Gasteiger partial charge in [0.2, 0.25) is 5.91 Å². The Labute approximate surface area is 120 Å². The summed E-state index contributed by atoms with van der Waals surface area (Å²) in [5.41, 5.74) is 0.879. The number of nitrogens with zero attached hydrogens (tertiary/aromatic N) is 4. The van der Waals surface area contributed by atoms with Crippen LogP contribution in [0.15, 0.2) is 36.7 Å². The number of hydrogen-bond acceptors (Lipinski definition) is 4. The van der Waals surface area contributed by atoms with Crippen LogP contribution in [0.25, 0.3) is 11.4 Å². The van der Waals surface area contributed by atoms with E-state index in [0.29, 0.717) is 18.8 Å². The first-order valence-corrected chi connectivity index (χ1v) is 6.62. The van der Waals surface area contributed by atoms with E-state index >= 15 is 0 Å². The van der Waals surface area contributed by atoms with Crippen molar-refractivity contribution in [1.29, 1.82) is 0 Å². The maximum atomic E-state index is 12.2. The molecule has 1 fully saturated rings. The number of carbonyl (C=O) groups is 2. The molecule has 7 heteroatoms. The summed E-state index contributed by atoms with van der Waals surface area (Å²) in [4.78, 5) is 28.4. The van der Waals surface area contributed by atoms with Crippen molar-refractivity contribution in [2.75, 3.05) is 13.1 Å². The molecule has 1 aromatic heterocycles. The minimum Gasteiger partial charge on any atom is -0.480 e. The predicted molar refractivity (Wildman–Crippen MR) is 73.3 cm³/mol. The third-order valence-electron chi connectivity index (χ3n) is 3.46. The van der Waals surface area contributed by atoms with Gasteiger partial charge in [-0.05, 0) is 6.42 Å². The highest BCUT2D eigenvalue weighted by Crippen LogP contribution is 2.23. The molecule has 0 bridgehead atoms. The van der Waals surface area contributed by atoms with Crippen LogP contribution in [0.5, 0.6) is 0 Å². The number of likely N-dealkylation sites (tertiary alicyclic amines) is 1. The van der Waals surface area contributed by atoms with E-state index in [1.165, 1.54) is 15.9 Å². The highest BCUT2D eigenvalue weighted by atomic mass is 16.4. The van der Waals surface area contributed by atoms with Crippen molar-refractivity contribution in [3.8, 4) is 11.4 Å². The molecule has 0 spiro atoms. The molecular formula is C14H14N4O3. The second-order valence-corrected chi connectivity index (χ2v) is 4.87. The number of aliphatic carboxylic acids is 1. The van der Waals surface area contributed by atoms with Crippen molar-refractivity contribution < 1.29 is 14.7 Å². The van der Waals surface area contributed by atoms with Gasteiger partial charge in [-0.3, -0.25) is 9.59 Å². The number of rotatable bonds is 4. The summed E-state index contributed by atoms with van der Waals surface area (Å²) in [7, 11) is 0. The van der Waals surface area contributed by atoms with Crippen LogP contribution in [0.2, 0.25) is 0 Å². The molecule has 2 aromatic rings. The number of carboxylic acid groups (broad SMARTS) is 1. The second-order valence-electron chi connectivity index (χ2n) is 4.87. The zero-order chi connectivity index (χ0) is 14.8. The zero-order valence-electron chi connectivity index (χ0n) is 11.2. The molecule has 1 aromatic carbocycles. The van der Waals surface area contributed by atoms with Gasteiger partial charge >= 0.3 is 5.97 Å². The van der Waals surface area contributed by atoms with Crippen molar-refractivity contribution >= 4 is 11.9 Å². The van der Waals surface area contributed by atoms with Crippen LogP contribution in [-0.2, 0) is 9.59 Å². The van der Waals surface area contributed by atoms with Gasteiger partial charge in [-0.1, -0.05) is 30.3 Å². The number of amides is 1. The van der Waals surface area contributed by atoms with Crippen molar-refractivity contribution in [2.24, 2.45) is 0 Å². The van der Waals surface area contributed by atoms with Crippen molar-refractivity contribution in [1.82, 2.24) is 19.7 Å². The van der Waals surface area contributed by atoms with Crippen LogP contribution >= 0.6 is 0 Å². The van der Waals surface area contributed by atoms with Gasteiger partial charge in [-0.15, -0.1) is 0 Å². The molecular weight excluding hydrogens is 272 g/mol. The van der Waals surface area contributed by atoms with E-state index in [1.54, 1.807) is 0 Å². The third-order valence-corrected chi connectivity index (χ3v) is 3.46. The van der Waals surface area contributed by atoms with Crippen LogP contribution in [-0.4, -0.2) is 49.7 Å². The molecule has 0 radical (unpaired) electrons. The lowest BCUT2D eigenvalue weighted by Crippen LogP contribution is -2.33. The topological polar surface area (TPSA) is 88.3 Å². The van der Waals surface area contributed by atoms with E-state index in [9.17, 15) is 9.59 Å². The third kappa shape index (κ3) is 2.62. The molecule has 0 aliphatic carbocycles. The molecule has 3 rings (SSSR count). The fraction of sp³-hybridized carbons (Fsp3) is 0.286. The van der Waals surface area contributed by atoms with E-state index in [1.807, 2.05) is 30.3 Å². The lowest BCUT2D eigenvalue weighted by molar-refractivity contribution is -0.143. The van der Waals surface area contributed by atoms with Crippen molar-refractivity contribution in [2.45, 2.75) is 12.5 Å². The number of carboxylic acids is 1. The van der Waals surface area contributed by atoms with Crippen molar-refractivity contribution in [3.63, 3.8) is 0 Å². The summed E-state index contributed by atoms with van der Waals surface area (Å²) in [6.45, 7) is 0.159. The summed E-state index contributed by atoms with van der Waals surface area (Å²) < 4.78 is 1.52. The Kier molecular flexibility index (Phi) is 3.39. The van der Waals surface area contributed by atoms with E-state index < -0.39 is 12.0 Å². The molecule has 1 N–H and O–H groups in total. The first kappa shape index (κ1) is 13.3. The summed E-state index contributed by atoms with van der Waals surface area (Å²) in [6, 6.07) is 9.02. The maximum absolute atomic E-state index is 12.2. The van der Waals surface area contributed by atoms with Gasteiger partial charge in [-0.25, -0.2) is 9.67 Å². The molecule has 0 saturated carbocycles. The average Bonchev–Trinajstić information content (AvgIpc) is 3.08. The van der Waals surface area contributed by atoms with Gasteiger partial charge in [-0.2, -0.15) is 5.10 Å². The minimum absolute atomic E-state index is 0.220. The van der Waals surface area contributed by atoms with E-state index in [0.717, 1.165) is 5.56 Å². The Hall–Kier alpha value is -2.70. The van der Waals surface area contributed by atoms with Gasteiger partial charge in [0.25, 0.3) is 0 Å². The van der Waals surface area contributed by atoms with Crippen LogP contribution in [0, 0.1) is 0 Å². The standard InChI is InChI=1S/C14H14N4O3/c19-12(20)8-17-7-6-11(14(17)21)18-9-15-13(16-18)10-4-2-1-3-5-10/h1-5,9,11H,6-8H2,(H,19,20). The van der Waals surface area contributed by atoms with Crippen LogP contribution in [0.1, 0.15) is 12.5 Å². The minimum atomic E-state index is -1.01. The second kappa shape index (κ2) is 5.35. The monoisotopic (exact) mass is 286 g/mol. The van der Waals surface area contributed by atoms with Gasteiger partial charge < -0.3 is 10.0 Å². The molecule has 2 heterocycles. The van der Waals surface area contributed by atoms with Gasteiger partial charge in [0.05, 0.1) is 0 Å². The largest absolute Gasteiger partial charge is 0.480 e. The molecule has 21 heavy (non-hydrogen) atoms. The fourth-order valence-electron chi connectivity index (χ4n) is 2.43. The normalized spacial score (nSPS) is 18.2. The molecule has 1 aliphatic rings. The molecule has 1 saturated heterocycles. The Morgan fingerprint density at radius 3 is 2.81 bits per heavy atom. The van der Waals surface area contributed by atoms with Crippen LogP contribution in [0.3, 0.4) is 0 Å². The summed E-state index contributed by atoms with van der Waals surface area (Å²) in [5, 5.41) is 13.1. The predicted octanol–water partition coefficient (Wildman–Crippen LogP) is 0.803. The van der Waals surface area contributed by atoms with Crippen molar-refractivity contribution in [3.05, 3.63) is 36.7 Å². The lowest BCUT2D eigenvalue weighted by atomic mass is 10.2. The van der Waals surface area contributed by atoms with E-state index in [4.69, 9.17) is 5.11 Å². The Bertz CT molecular complexity index is 668. The summed E-state index contributed by atoms with van der Waals surface area (Å²) in [5.74, 6) is -0.672. The number of carbonyl (C=O) groups excluding carboxylic acids is 1. The number of benzene rings is 1. The molecule has 1 aliphatic heterocycles. The first-order chi connectivity index (χ1) is 10.1. The highest BCUT2D eigenvalue weighted by molar-refractivity contribution is 5.85. The Balaban J connectivity index is 1.78. The number of aromatic nitrogens is 3. The molecule has 1 atom stereocenters. The number of hydrogen-bond donors (Lipinski definition) is 1. The van der Waals surface area contributed by atoms with E-state index in [2.05, 4.69) is 10.1 Å². The molecule has 1 unspecified atom stereocenters. The Morgan fingerprint density at radius 2 is 2.10 bits per heavy atom. The molecule has 7 nitrogen and oxygen atoms in total. The Morgan fingerprint density at radius 1 is 1.33 bits per heavy atom. The van der Waals surface area contributed by atoms with Gasteiger partial charge in [0, 0.05) is 12.1 Å². The average molecular weight is 286 g/mol. The first-order valence-electron chi connectivity index (χ1n) is 6.62. The summed E-state index contributed by atoms with van der Waals surface area (Å²) >= 11 is 0. The lowest BCUT2D eigenvalue weighted by Gasteiger charge is -2.13. The quantitative estimate of drug-likeness (QED) is 0.898. The zero-order valence-corrected chi connectivity index (χ0v) is 11.2. The maximum Gasteiger partial charge on any atom is 0.323 e. The van der Waals surface area contributed by atoms with Gasteiger partial charge in [0.1, 0.15) is 18.9 Å². The van der Waals surface area contributed by atoms with E-state index in [-0.39, 0.29) is 12.5 Å². The summed E-state index contributed by atoms with van der Waals surface area (Å²) in [6.07, 6.45) is 2.07. The van der Waals surface area contributed by atoms with Crippen LogP contribution in [0.4, 0.5) is 0 Å². The molecule has 1 amide bonds.